The van der Waals surface area contributed by atoms with Gasteiger partial charge in [0.2, 0.25) is 11.0 Å². The standard InChI is InChI=1S/C14H18N4O2S2/c1-10(12(19)15-8-9-20-2)21-14-18-17-13(22-14)16-11-6-4-3-5-7-11/h3-7,10H,8-9H2,1-2H3,(H,15,19)(H,16,17)/t10-/m1/s1. The highest BCUT2D eigenvalue weighted by Crippen LogP contribution is 2.30. The van der Waals surface area contributed by atoms with Crippen LogP contribution in [0.2, 0.25) is 0 Å². The molecule has 0 radical (unpaired) electrons. The normalized spacial score (nSPS) is 11.9. The van der Waals surface area contributed by atoms with Crippen LogP contribution in [-0.2, 0) is 9.53 Å². The number of hydrogen-bond donors (Lipinski definition) is 2. The first-order valence-corrected chi connectivity index (χ1v) is 8.47. The van der Waals surface area contributed by atoms with Crippen molar-refractivity contribution in [3.8, 4) is 0 Å². The van der Waals surface area contributed by atoms with Crippen LogP contribution >= 0.6 is 23.1 Å². The summed E-state index contributed by atoms with van der Waals surface area (Å²) in [4.78, 5) is 11.9. The molecule has 8 heteroatoms. The molecule has 1 aromatic carbocycles. The smallest absolute Gasteiger partial charge is 0.233 e. The minimum absolute atomic E-state index is 0.0326. The molecule has 0 aliphatic carbocycles. The van der Waals surface area contributed by atoms with E-state index in [2.05, 4.69) is 20.8 Å². The average molecular weight is 338 g/mol. The van der Waals surface area contributed by atoms with Gasteiger partial charge in [0.1, 0.15) is 0 Å². The maximum absolute atomic E-state index is 11.9. The van der Waals surface area contributed by atoms with E-state index >= 15 is 0 Å². The van der Waals surface area contributed by atoms with E-state index in [0.29, 0.717) is 18.3 Å². The Bertz CT molecular complexity index is 592. The molecule has 1 aromatic heterocycles. The summed E-state index contributed by atoms with van der Waals surface area (Å²) in [5.41, 5.74) is 0.959. The largest absolute Gasteiger partial charge is 0.383 e. The number of nitrogens with zero attached hydrogens (tertiary/aromatic N) is 2. The van der Waals surface area contributed by atoms with Gasteiger partial charge in [-0.15, -0.1) is 10.2 Å². The number of methoxy groups -OCH3 is 1. The summed E-state index contributed by atoms with van der Waals surface area (Å²) in [6, 6.07) is 9.77. The van der Waals surface area contributed by atoms with Crippen molar-refractivity contribution in [3.63, 3.8) is 0 Å². The minimum Gasteiger partial charge on any atom is -0.383 e. The highest BCUT2D eigenvalue weighted by atomic mass is 32.2. The van der Waals surface area contributed by atoms with E-state index in [0.717, 1.165) is 10.0 Å². The number of carbonyl (C=O) groups is 1. The minimum atomic E-state index is -0.227. The van der Waals surface area contributed by atoms with Crippen LogP contribution in [0.25, 0.3) is 0 Å². The van der Waals surface area contributed by atoms with E-state index in [1.54, 1.807) is 7.11 Å². The predicted octanol–water partition coefficient (Wildman–Crippen LogP) is 2.52. The van der Waals surface area contributed by atoms with Gasteiger partial charge >= 0.3 is 0 Å². The van der Waals surface area contributed by atoms with Crippen LogP contribution in [0.15, 0.2) is 34.7 Å². The molecular weight excluding hydrogens is 320 g/mol. The average Bonchev–Trinajstić information content (AvgIpc) is 2.95. The maximum Gasteiger partial charge on any atom is 0.233 e. The van der Waals surface area contributed by atoms with Gasteiger partial charge in [-0.2, -0.15) is 0 Å². The van der Waals surface area contributed by atoms with E-state index in [9.17, 15) is 4.79 Å². The third-order valence-electron chi connectivity index (χ3n) is 2.68. The van der Waals surface area contributed by atoms with Crippen LogP contribution in [0.3, 0.4) is 0 Å². The second-order valence-electron chi connectivity index (χ2n) is 4.41. The van der Waals surface area contributed by atoms with Gasteiger partial charge in [0.05, 0.1) is 11.9 Å². The molecule has 0 unspecified atom stereocenters. The molecule has 2 aromatic rings. The Balaban J connectivity index is 1.85. The van der Waals surface area contributed by atoms with Crippen molar-refractivity contribution in [3.05, 3.63) is 30.3 Å². The van der Waals surface area contributed by atoms with E-state index in [4.69, 9.17) is 4.74 Å². The first-order valence-electron chi connectivity index (χ1n) is 6.78. The van der Waals surface area contributed by atoms with Crippen molar-refractivity contribution in [1.82, 2.24) is 15.5 Å². The van der Waals surface area contributed by atoms with Crippen LogP contribution in [0, 0.1) is 0 Å². The molecular formula is C14H18N4O2S2. The van der Waals surface area contributed by atoms with Crippen LogP contribution in [0.5, 0.6) is 0 Å². The summed E-state index contributed by atoms with van der Waals surface area (Å²) in [5, 5.41) is 14.7. The molecule has 2 N–H and O–H groups in total. The third kappa shape index (κ3) is 5.28. The Morgan fingerprint density at radius 3 is 2.86 bits per heavy atom. The van der Waals surface area contributed by atoms with E-state index in [-0.39, 0.29) is 11.2 Å². The summed E-state index contributed by atoms with van der Waals surface area (Å²) in [7, 11) is 1.60. The van der Waals surface area contributed by atoms with Crippen molar-refractivity contribution in [2.24, 2.45) is 0 Å². The van der Waals surface area contributed by atoms with Crippen molar-refractivity contribution in [2.45, 2.75) is 16.5 Å². The number of ether oxygens (including phenoxy) is 1. The third-order valence-corrected chi connectivity index (χ3v) is 4.71. The molecule has 0 spiro atoms. The molecule has 1 amide bonds. The number of nitrogens with one attached hydrogen (secondary N) is 2. The first kappa shape index (κ1) is 16.7. The zero-order valence-electron chi connectivity index (χ0n) is 12.4. The highest BCUT2D eigenvalue weighted by Gasteiger charge is 2.16. The molecule has 0 fully saturated rings. The van der Waals surface area contributed by atoms with Gasteiger partial charge < -0.3 is 15.4 Å². The molecule has 0 bridgehead atoms. The van der Waals surface area contributed by atoms with Gasteiger partial charge in [0.25, 0.3) is 0 Å². The summed E-state index contributed by atoms with van der Waals surface area (Å²) in [5.74, 6) is -0.0326. The second-order valence-corrected chi connectivity index (χ2v) is 6.97. The molecule has 1 heterocycles. The van der Waals surface area contributed by atoms with Crippen molar-refractivity contribution >= 4 is 39.8 Å². The monoisotopic (exact) mass is 338 g/mol. The number of amides is 1. The topological polar surface area (TPSA) is 76.1 Å². The van der Waals surface area contributed by atoms with Crippen LogP contribution in [-0.4, -0.2) is 41.6 Å². The highest BCUT2D eigenvalue weighted by molar-refractivity contribution is 8.02. The summed E-state index contributed by atoms with van der Waals surface area (Å²) in [6.07, 6.45) is 0. The van der Waals surface area contributed by atoms with Crippen molar-refractivity contribution in [2.75, 3.05) is 25.6 Å². The molecule has 2 rings (SSSR count). The lowest BCUT2D eigenvalue weighted by Crippen LogP contribution is -2.33. The molecule has 1 atom stereocenters. The maximum atomic E-state index is 11.9. The van der Waals surface area contributed by atoms with Crippen molar-refractivity contribution < 1.29 is 9.53 Å². The second kappa shape index (κ2) is 8.72. The summed E-state index contributed by atoms with van der Waals surface area (Å²) in [6.45, 7) is 2.86. The van der Waals surface area contributed by atoms with Crippen LogP contribution < -0.4 is 10.6 Å². The fourth-order valence-corrected chi connectivity index (χ4v) is 3.52. The summed E-state index contributed by atoms with van der Waals surface area (Å²) < 4.78 is 5.66. The lowest BCUT2D eigenvalue weighted by atomic mass is 10.3. The molecule has 0 saturated heterocycles. The van der Waals surface area contributed by atoms with Gasteiger partial charge in [-0.25, -0.2) is 0 Å². The zero-order valence-corrected chi connectivity index (χ0v) is 14.0. The fraction of sp³-hybridized carbons (Fsp3) is 0.357. The Labute approximate surface area is 137 Å². The number of thioether (sulfide) groups is 1. The lowest BCUT2D eigenvalue weighted by molar-refractivity contribution is -0.120. The Morgan fingerprint density at radius 1 is 1.36 bits per heavy atom. The SMILES string of the molecule is COCCNC(=O)[C@@H](C)Sc1nnc(Nc2ccccc2)s1. The fourth-order valence-electron chi connectivity index (χ4n) is 1.58. The lowest BCUT2D eigenvalue weighted by Gasteiger charge is -2.09. The van der Waals surface area contributed by atoms with Gasteiger partial charge in [-0.3, -0.25) is 4.79 Å². The predicted molar refractivity (Wildman–Crippen MR) is 89.8 cm³/mol. The van der Waals surface area contributed by atoms with Crippen LogP contribution in [0.4, 0.5) is 10.8 Å². The Kier molecular flexibility index (Phi) is 6.63. The van der Waals surface area contributed by atoms with E-state index in [1.165, 1.54) is 23.1 Å². The zero-order chi connectivity index (χ0) is 15.8. The number of rotatable bonds is 8. The quantitative estimate of drug-likeness (QED) is 0.569. The molecule has 6 nitrogen and oxygen atoms in total. The van der Waals surface area contributed by atoms with Gasteiger partial charge in [0.15, 0.2) is 4.34 Å². The number of carbonyl (C=O) groups excluding carboxylic acids is 1. The number of para-hydroxylation sites is 1. The van der Waals surface area contributed by atoms with E-state index in [1.807, 2.05) is 37.3 Å². The Morgan fingerprint density at radius 2 is 2.14 bits per heavy atom. The van der Waals surface area contributed by atoms with Gasteiger partial charge in [-0.05, 0) is 19.1 Å². The number of hydrogen-bond acceptors (Lipinski definition) is 7. The number of aromatic nitrogens is 2. The summed E-state index contributed by atoms with van der Waals surface area (Å²) >= 11 is 2.82. The Hall–Kier alpha value is -1.64. The molecule has 22 heavy (non-hydrogen) atoms. The molecule has 0 aliphatic rings. The number of anilines is 2. The number of benzene rings is 1. The van der Waals surface area contributed by atoms with Gasteiger partial charge in [0, 0.05) is 19.3 Å². The molecule has 0 aliphatic heterocycles. The first-order chi connectivity index (χ1) is 10.7. The van der Waals surface area contributed by atoms with E-state index < -0.39 is 0 Å². The van der Waals surface area contributed by atoms with Crippen molar-refractivity contribution in [1.29, 1.82) is 0 Å². The van der Waals surface area contributed by atoms with Gasteiger partial charge in [-0.1, -0.05) is 41.3 Å². The molecule has 0 saturated carbocycles. The molecule has 118 valence electrons. The van der Waals surface area contributed by atoms with Crippen LogP contribution in [0.1, 0.15) is 6.92 Å².